The van der Waals surface area contributed by atoms with E-state index in [0.29, 0.717) is 11.7 Å². The fourth-order valence-electron chi connectivity index (χ4n) is 1.49. The van der Waals surface area contributed by atoms with Crippen LogP contribution in [0.1, 0.15) is 23.8 Å². The van der Waals surface area contributed by atoms with Gasteiger partial charge in [-0.05, 0) is 31.5 Å². The van der Waals surface area contributed by atoms with Crippen LogP contribution in [0.4, 0.5) is 0 Å². The quantitative estimate of drug-likeness (QED) is 0.786. The summed E-state index contributed by atoms with van der Waals surface area (Å²) in [5, 5.41) is 3.60. The van der Waals surface area contributed by atoms with Gasteiger partial charge in [0.25, 0.3) is 0 Å². The average Bonchev–Trinajstić information content (AvgIpc) is 2.78. The number of alkyl halides is 1. The predicted octanol–water partition coefficient (Wildman–Crippen LogP) is 3.35. The number of methoxy groups -OCH3 is 1. The smallest absolute Gasteiger partial charge is 0.244 e. The molecule has 0 N–H and O–H groups in total. The summed E-state index contributed by atoms with van der Waals surface area (Å²) in [4.78, 5) is 4.23. The molecular formula is C12H13ClN2O2. The number of nitrogens with zero attached hydrogens (tertiary/aromatic N) is 2. The van der Waals surface area contributed by atoms with Crippen molar-refractivity contribution in [3.05, 3.63) is 29.7 Å². The maximum Gasteiger partial charge on any atom is 0.244 e. The Morgan fingerprint density at radius 3 is 2.76 bits per heavy atom. The van der Waals surface area contributed by atoms with Gasteiger partial charge in [0, 0.05) is 0 Å². The summed E-state index contributed by atoms with van der Waals surface area (Å²) in [7, 11) is 1.61. The van der Waals surface area contributed by atoms with Gasteiger partial charge in [0.1, 0.15) is 11.1 Å². The first-order valence-corrected chi connectivity index (χ1v) is 5.68. The molecule has 1 unspecified atom stereocenters. The Morgan fingerprint density at radius 1 is 1.41 bits per heavy atom. The van der Waals surface area contributed by atoms with E-state index < -0.39 is 0 Å². The molecule has 2 rings (SSSR count). The zero-order valence-electron chi connectivity index (χ0n) is 9.90. The third-order valence-electron chi connectivity index (χ3n) is 2.38. The van der Waals surface area contributed by atoms with Crippen molar-refractivity contribution in [2.75, 3.05) is 7.11 Å². The van der Waals surface area contributed by atoms with E-state index in [1.807, 2.05) is 25.1 Å². The predicted molar refractivity (Wildman–Crippen MR) is 65.3 cm³/mol. The second kappa shape index (κ2) is 4.75. The van der Waals surface area contributed by atoms with E-state index in [1.54, 1.807) is 14.0 Å². The van der Waals surface area contributed by atoms with Gasteiger partial charge in [-0.2, -0.15) is 4.98 Å². The Hall–Kier alpha value is -1.55. The van der Waals surface area contributed by atoms with Crippen LogP contribution in [-0.2, 0) is 0 Å². The van der Waals surface area contributed by atoms with E-state index in [1.165, 1.54) is 0 Å². The van der Waals surface area contributed by atoms with Crippen molar-refractivity contribution in [3.63, 3.8) is 0 Å². The lowest BCUT2D eigenvalue weighted by Gasteiger charge is -2.05. The summed E-state index contributed by atoms with van der Waals surface area (Å²) >= 11 is 5.88. The molecule has 1 heterocycles. The molecule has 5 heteroatoms. The van der Waals surface area contributed by atoms with Gasteiger partial charge < -0.3 is 9.26 Å². The second-order valence-electron chi connectivity index (χ2n) is 3.78. The van der Waals surface area contributed by atoms with Gasteiger partial charge in [-0.25, -0.2) is 0 Å². The van der Waals surface area contributed by atoms with Gasteiger partial charge in [-0.3, -0.25) is 0 Å². The number of halogens is 1. The molecule has 0 bridgehead atoms. The summed E-state index contributed by atoms with van der Waals surface area (Å²) in [6.45, 7) is 3.78. The standard InChI is InChI=1S/C12H13ClN2O2/c1-7-4-5-9(10(6-7)16-3)11-14-12(8(2)13)17-15-11/h4-6,8H,1-3H3. The van der Waals surface area contributed by atoms with Crippen molar-refractivity contribution in [2.45, 2.75) is 19.2 Å². The van der Waals surface area contributed by atoms with E-state index >= 15 is 0 Å². The Labute approximate surface area is 105 Å². The zero-order valence-corrected chi connectivity index (χ0v) is 10.7. The van der Waals surface area contributed by atoms with Crippen LogP contribution in [0.25, 0.3) is 11.4 Å². The number of benzene rings is 1. The third kappa shape index (κ3) is 2.42. The van der Waals surface area contributed by atoms with E-state index in [9.17, 15) is 0 Å². The maximum atomic E-state index is 5.88. The van der Waals surface area contributed by atoms with Crippen LogP contribution < -0.4 is 4.74 Å². The maximum absolute atomic E-state index is 5.88. The molecule has 0 amide bonds. The van der Waals surface area contributed by atoms with Crippen molar-refractivity contribution < 1.29 is 9.26 Å². The van der Waals surface area contributed by atoms with Crippen LogP contribution in [-0.4, -0.2) is 17.3 Å². The Kier molecular flexibility index (Phi) is 3.33. The SMILES string of the molecule is COc1cc(C)ccc1-c1noc(C(C)Cl)n1. The highest BCUT2D eigenvalue weighted by atomic mass is 35.5. The molecule has 2 aromatic rings. The first kappa shape index (κ1) is 11.9. The Balaban J connectivity index is 2.44. The van der Waals surface area contributed by atoms with Crippen LogP contribution in [0.5, 0.6) is 5.75 Å². The molecule has 90 valence electrons. The molecule has 0 fully saturated rings. The number of aryl methyl sites for hydroxylation is 1. The summed E-state index contributed by atoms with van der Waals surface area (Å²) in [5.41, 5.74) is 1.91. The molecule has 0 aliphatic rings. The van der Waals surface area contributed by atoms with Crippen molar-refractivity contribution in [1.82, 2.24) is 10.1 Å². The molecule has 0 aliphatic carbocycles. The first-order chi connectivity index (χ1) is 8.11. The summed E-state index contributed by atoms with van der Waals surface area (Å²) in [6, 6.07) is 5.80. The highest BCUT2D eigenvalue weighted by molar-refractivity contribution is 6.20. The van der Waals surface area contributed by atoms with E-state index in [2.05, 4.69) is 10.1 Å². The molecule has 0 spiro atoms. The van der Waals surface area contributed by atoms with Crippen LogP contribution in [0.3, 0.4) is 0 Å². The average molecular weight is 253 g/mol. The molecule has 4 nitrogen and oxygen atoms in total. The normalized spacial score (nSPS) is 12.5. The molecule has 1 atom stereocenters. The third-order valence-corrected chi connectivity index (χ3v) is 2.57. The minimum Gasteiger partial charge on any atom is -0.496 e. The fourth-order valence-corrected chi connectivity index (χ4v) is 1.58. The minimum atomic E-state index is -0.298. The van der Waals surface area contributed by atoms with Gasteiger partial charge in [0.05, 0.1) is 12.7 Å². The van der Waals surface area contributed by atoms with E-state index in [4.69, 9.17) is 20.9 Å². The van der Waals surface area contributed by atoms with E-state index in [0.717, 1.165) is 16.9 Å². The summed E-state index contributed by atoms with van der Waals surface area (Å²) < 4.78 is 10.4. The lowest BCUT2D eigenvalue weighted by atomic mass is 10.1. The Morgan fingerprint density at radius 2 is 2.18 bits per heavy atom. The zero-order chi connectivity index (χ0) is 12.4. The van der Waals surface area contributed by atoms with Crippen molar-refractivity contribution in [2.24, 2.45) is 0 Å². The lowest BCUT2D eigenvalue weighted by Crippen LogP contribution is -1.91. The second-order valence-corrected chi connectivity index (χ2v) is 4.43. The monoisotopic (exact) mass is 252 g/mol. The number of hydrogen-bond acceptors (Lipinski definition) is 4. The summed E-state index contributed by atoms with van der Waals surface area (Å²) in [5.74, 6) is 1.62. The minimum absolute atomic E-state index is 0.298. The number of ether oxygens (including phenoxy) is 1. The topological polar surface area (TPSA) is 48.2 Å². The molecule has 0 aliphatic heterocycles. The highest BCUT2D eigenvalue weighted by Gasteiger charge is 2.15. The molecule has 0 radical (unpaired) electrons. The summed E-state index contributed by atoms with van der Waals surface area (Å²) in [6.07, 6.45) is 0. The molecule has 17 heavy (non-hydrogen) atoms. The number of hydrogen-bond donors (Lipinski definition) is 0. The van der Waals surface area contributed by atoms with Crippen LogP contribution in [0, 0.1) is 6.92 Å². The fraction of sp³-hybridized carbons (Fsp3) is 0.333. The van der Waals surface area contributed by atoms with Gasteiger partial charge in [-0.1, -0.05) is 11.2 Å². The first-order valence-electron chi connectivity index (χ1n) is 5.24. The molecule has 1 aromatic carbocycles. The van der Waals surface area contributed by atoms with Crippen LogP contribution >= 0.6 is 11.6 Å². The lowest BCUT2D eigenvalue weighted by molar-refractivity contribution is 0.378. The van der Waals surface area contributed by atoms with Crippen LogP contribution in [0.2, 0.25) is 0 Å². The number of aromatic nitrogens is 2. The van der Waals surface area contributed by atoms with E-state index in [-0.39, 0.29) is 5.38 Å². The molecule has 0 saturated carbocycles. The Bertz CT molecular complexity index is 523. The number of rotatable bonds is 3. The largest absolute Gasteiger partial charge is 0.496 e. The van der Waals surface area contributed by atoms with Crippen molar-refractivity contribution in [3.8, 4) is 17.1 Å². The van der Waals surface area contributed by atoms with Gasteiger partial charge in [-0.15, -0.1) is 11.6 Å². The van der Waals surface area contributed by atoms with Gasteiger partial charge in [0.15, 0.2) is 0 Å². The molecular weight excluding hydrogens is 240 g/mol. The van der Waals surface area contributed by atoms with Crippen molar-refractivity contribution >= 4 is 11.6 Å². The molecule has 1 aromatic heterocycles. The van der Waals surface area contributed by atoms with Crippen molar-refractivity contribution in [1.29, 1.82) is 0 Å². The van der Waals surface area contributed by atoms with Gasteiger partial charge >= 0.3 is 0 Å². The van der Waals surface area contributed by atoms with Crippen LogP contribution in [0.15, 0.2) is 22.7 Å². The highest BCUT2D eigenvalue weighted by Crippen LogP contribution is 2.30. The van der Waals surface area contributed by atoms with Gasteiger partial charge in [0.2, 0.25) is 11.7 Å². The molecule has 0 saturated heterocycles.